The molecular formula is C11H21N3O. The fourth-order valence-corrected chi connectivity index (χ4v) is 1.64. The van der Waals surface area contributed by atoms with E-state index in [4.69, 9.17) is 10.3 Å². The van der Waals surface area contributed by atoms with Gasteiger partial charge < -0.3 is 10.3 Å². The molecule has 4 heteroatoms. The highest BCUT2D eigenvalue weighted by molar-refractivity contribution is 4.97. The molecule has 2 N–H and O–H groups in total. The van der Waals surface area contributed by atoms with Crippen molar-refractivity contribution in [3.05, 3.63) is 11.7 Å². The van der Waals surface area contributed by atoms with Crippen LogP contribution in [0.4, 0.5) is 0 Å². The molecule has 1 aromatic rings. The first-order valence-electron chi connectivity index (χ1n) is 5.81. The third kappa shape index (κ3) is 3.02. The molecule has 0 saturated heterocycles. The molecule has 0 aromatic carbocycles. The molecule has 0 aliphatic carbocycles. The molecule has 0 amide bonds. The maximum atomic E-state index is 5.92. The lowest BCUT2D eigenvalue weighted by molar-refractivity contribution is 0.340. The first-order valence-corrected chi connectivity index (χ1v) is 5.81. The van der Waals surface area contributed by atoms with Crippen LogP contribution < -0.4 is 5.73 Å². The summed E-state index contributed by atoms with van der Waals surface area (Å²) in [5.74, 6) is 1.76. The quantitative estimate of drug-likeness (QED) is 0.785. The van der Waals surface area contributed by atoms with Crippen molar-refractivity contribution in [3.63, 3.8) is 0 Å². The van der Waals surface area contributed by atoms with E-state index in [1.807, 2.05) is 0 Å². The van der Waals surface area contributed by atoms with Gasteiger partial charge in [-0.3, -0.25) is 0 Å². The second-order valence-corrected chi connectivity index (χ2v) is 3.90. The predicted molar refractivity (Wildman–Crippen MR) is 59.5 cm³/mol. The molecule has 1 rings (SSSR count). The van der Waals surface area contributed by atoms with Crippen LogP contribution in [0.2, 0.25) is 0 Å². The van der Waals surface area contributed by atoms with Gasteiger partial charge in [0.05, 0.1) is 6.04 Å². The van der Waals surface area contributed by atoms with Gasteiger partial charge in [-0.15, -0.1) is 0 Å². The van der Waals surface area contributed by atoms with Crippen LogP contribution in [0, 0.1) is 0 Å². The summed E-state index contributed by atoms with van der Waals surface area (Å²) in [5.41, 5.74) is 5.92. The Morgan fingerprint density at radius 2 is 1.93 bits per heavy atom. The monoisotopic (exact) mass is 211 g/mol. The Labute approximate surface area is 91.2 Å². The van der Waals surface area contributed by atoms with E-state index in [1.54, 1.807) is 0 Å². The fraction of sp³-hybridized carbons (Fsp3) is 0.818. The van der Waals surface area contributed by atoms with E-state index in [1.165, 1.54) is 0 Å². The van der Waals surface area contributed by atoms with Crippen molar-refractivity contribution >= 4 is 0 Å². The van der Waals surface area contributed by atoms with Crippen LogP contribution >= 0.6 is 0 Å². The highest BCUT2D eigenvalue weighted by Crippen LogP contribution is 2.22. The van der Waals surface area contributed by atoms with Crippen molar-refractivity contribution in [2.24, 2.45) is 5.73 Å². The van der Waals surface area contributed by atoms with Gasteiger partial charge in [0.2, 0.25) is 5.89 Å². The standard InChI is InChI=1S/C11H21N3O/c1-4-7-9(12)10-13-11(15-14-10)8(5-2)6-3/h8-9H,4-7,12H2,1-3H3. The largest absolute Gasteiger partial charge is 0.339 e. The molecule has 1 atom stereocenters. The Balaban J connectivity index is 2.70. The number of nitrogens with zero attached hydrogens (tertiary/aromatic N) is 2. The summed E-state index contributed by atoms with van der Waals surface area (Å²) in [6.07, 6.45) is 4.00. The van der Waals surface area contributed by atoms with Crippen LogP contribution in [0.5, 0.6) is 0 Å². The molecule has 86 valence electrons. The van der Waals surface area contributed by atoms with E-state index in [-0.39, 0.29) is 6.04 Å². The van der Waals surface area contributed by atoms with Gasteiger partial charge >= 0.3 is 0 Å². The summed E-state index contributed by atoms with van der Waals surface area (Å²) >= 11 is 0. The van der Waals surface area contributed by atoms with Crippen LogP contribution in [0.3, 0.4) is 0 Å². The number of hydrogen-bond acceptors (Lipinski definition) is 4. The van der Waals surface area contributed by atoms with Crippen molar-refractivity contribution in [1.82, 2.24) is 10.1 Å². The summed E-state index contributed by atoms with van der Waals surface area (Å²) in [6.45, 7) is 6.36. The smallest absolute Gasteiger partial charge is 0.229 e. The summed E-state index contributed by atoms with van der Waals surface area (Å²) in [6, 6.07) is -0.0816. The number of nitrogens with two attached hydrogens (primary N) is 1. The molecule has 1 unspecified atom stereocenters. The van der Waals surface area contributed by atoms with E-state index in [2.05, 4.69) is 30.9 Å². The van der Waals surface area contributed by atoms with Gasteiger partial charge in [-0.05, 0) is 19.3 Å². The van der Waals surface area contributed by atoms with Crippen molar-refractivity contribution in [3.8, 4) is 0 Å². The number of hydrogen-bond donors (Lipinski definition) is 1. The van der Waals surface area contributed by atoms with E-state index in [0.717, 1.165) is 31.6 Å². The van der Waals surface area contributed by atoms with Gasteiger partial charge in [0.1, 0.15) is 0 Å². The van der Waals surface area contributed by atoms with Crippen LogP contribution in [0.25, 0.3) is 0 Å². The average molecular weight is 211 g/mol. The van der Waals surface area contributed by atoms with E-state index >= 15 is 0 Å². The van der Waals surface area contributed by atoms with Crippen LogP contribution in [0.1, 0.15) is 70.1 Å². The third-order valence-electron chi connectivity index (χ3n) is 2.72. The minimum absolute atomic E-state index is 0.0816. The minimum Gasteiger partial charge on any atom is -0.339 e. The Bertz CT molecular complexity index is 281. The summed E-state index contributed by atoms with van der Waals surface area (Å²) < 4.78 is 5.23. The SMILES string of the molecule is CCCC(N)c1noc(C(CC)CC)n1. The van der Waals surface area contributed by atoms with E-state index in [9.17, 15) is 0 Å². The van der Waals surface area contributed by atoms with Crippen molar-refractivity contribution < 1.29 is 4.52 Å². The minimum atomic E-state index is -0.0816. The van der Waals surface area contributed by atoms with Crippen LogP contribution in [0.15, 0.2) is 4.52 Å². The normalized spacial score (nSPS) is 13.4. The van der Waals surface area contributed by atoms with Gasteiger partial charge in [0.15, 0.2) is 5.82 Å². The topological polar surface area (TPSA) is 64.9 Å². The van der Waals surface area contributed by atoms with Gasteiger partial charge in [0.25, 0.3) is 0 Å². The highest BCUT2D eigenvalue weighted by atomic mass is 16.5. The van der Waals surface area contributed by atoms with E-state index in [0.29, 0.717) is 11.7 Å². The lowest BCUT2D eigenvalue weighted by atomic mass is 10.0. The first-order chi connectivity index (χ1) is 7.22. The molecule has 0 fully saturated rings. The Morgan fingerprint density at radius 3 is 2.47 bits per heavy atom. The molecule has 1 aromatic heterocycles. The van der Waals surface area contributed by atoms with Gasteiger partial charge in [0, 0.05) is 5.92 Å². The lowest BCUT2D eigenvalue weighted by Gasteiger charge is -2.05. The molecule has 1 heterocycles. The molecular weight excluding hydrogens is 190 g/mol. The van der Waals surface area contributed by atoms with Crippen molar-refractivity contribution in [2.75, 3.05) is 0 Å². The number of aromatic nitrogens is 2. The van der Waals surface area contributed by atoms with Crippen LogP contribution in [-0.2, 0) is 0 Å². The van der Waals surface area contributed by atoms with E-state index < -0.39 is 0 Å². The second-order valence-electron chi connectivity index (χ2n) is 3.90. The molecule has 15 heavy (non-hydrogen) atoms. The molecule has 0 aliphatic heterocycles. The summed E-state index contributed by atoms with van der Waals surface area (Å²) in [7, 11) is 0. The van der Waals surface area contributed by atoms with Gasteiger partial charge in [-0.25, -0.2) is 0 Å². The van der Waals surface area contributed by atoms with Gasteiger partial charge in [-0.2, -0.15) is 4.98 Å². The molecule has 0 saturated carbocycles. The zero-order chi connectivity index (χ0) is 11.3. The Hall–Kier alpha value is -0.900. The second kappa shape index (κ2) is 5.85. The molecule has 0 bridgehead atoms. The van der Waals surface area contributed by atoms with Gasteiger partial charge in [-0.1, -0.05) is 32.3 Å². The highest BCUT2D eigenvalue weighted by Gasteiger charge is 2.18. The molecule has 0 aliphatic rings. The van der Waals surface area contributed by atoms with Crippen molar-refractivity contribution in [2.45, 2.75) is 58.4 Å². The maximum absolute atomic E-state index is 5.92. The Morgan fingerprint density at radius 1 is 1.27 bits per heavy atom. The maximum Gasteiger partial charge on any atom is 0.229 e. The zero-order valence-corrected chi connectivity index (χ0v) is 9.86. The average Bonchev–Trinajstić information content (AvgIpc) is 2.69. The van der Waals surface area contributed by atoms with Crippen LogP contribution in [-0.4, -0.2) is 10.1 Å². The fourth-order valence-electron chi connectivity index (χ4n) is 1.64. The summed E-state index contributed by atoms with van der Waals surface area (Å²) in [5, 5.41) is 3.94. The number of rotatable bonds is 6. The predicted octanol–water partition coefficient (Wildman–Crippen LogP) is 2.77. The molecule has 0 radical (unpaired) electrons. The Kier molecular flexibility index (Phi) is 4.75. The lowest BCUT2D eigenvalue weighted by Crippen LogP contribution is -2.11. The summed E-state index contributed by atoms with van der Waals surface area (Å²) in [4.78, 5) is 4.37. The first kappa shape index (κ1) is 12.2. The third-order valence-corrected chi connectivity index (χ3v) is 2.72. The molecule has 4 nitrogen and oxygen atoms in total. The molecule has 0 spiro atoms. The zero-order valence-electron chi connectivity index (χ0n) is 9.86. The van der Waals surface area contributed by atoms with Crippen molar-refractivity contribution in [1.29, 1.82) is 0 Å².